The molecule has 0 spiro atoms. The summed E-state index contributed by atoms with van der Waals surface area (Å²) in [7, 11) is 2.02. The largest absolute Gasteiger partial charge is 0.338 e. The highest BCUT2D eigenvalue weighted by Gasteiger charge is 2.15. The summed E-state index contributed by atoms with van der Waals surface area (Å²) < 4.78 is 5.33. The van der Waals surface area contributed by atoms with E-state index in [9.17, 15) is 0 Å². The summed E-state index contributed by atoms with van der Waals surface area (Å²) in [5.74, 6) is 1.14. The Hall–Kier alpha value is -2.67. The maximum absolute atomic E-state index is 5.33. The van der Waals surface area contributed by atoms with Crippen LogP contribution in [0.25, 0.3) is 11.4 Å². The van der Waals surface area contributed by atoms with Gasteiger partial charge in [-0.2, -0.15) is 4.98 Å². The van der Waals surface area contributed by atoms with E-state index in [-0.39, 0.29) is 6.04 Å². The Kier molecular flexibility index (Phi) is 4.68. The van der Waals surface area contributed by atoms with Crippen molar-refractivity contribution >= 4 is 0 Å². The highest BCUT2D eigenvalue weighted by atomic mass is 16.5. The van der Waals surface area contributed by atoms with Crippen LogP contribution in [0, 0.1) is 0 Å². The zero-order chi connectivity index (χ0) is 16.1. The smallest absolute Gasteiger partial charge is 0.241 e. The Morgan fingerprint density at radius 3 is 2.78 bits per heavy atom. The summed E-state index contributed by atoms with van der Waals surface area (Å²) in [4.78, 5) is 19.0. The van der Waals surface area contributed by atoms with Gasteiger partial charge in [0.15, 0.2) is 0 Å². The van der Waals surface area contributed by atoms with Crippen LogP contribution in [0.4, 0.5) is 0 Å². The van der Waals surface area contributed by atoms with Crippen molar-refractivity contribution in [1.82, 2.24) is 30.0 Å². The fraction of sp³-hybridized carbons (Fsp3) is 0.312. The van der Waals surface area contributed by atoms with E-state index in [0.717, 1.165) is 17.7 Å². The van der Waals surface area contributed by atoms with Crippen molar-refractivity contribution in [2.45, 2.75) is 25.9 Å². The van der Waals surface area contributed by atoms with E-state index in [2.05, 4.69) is 36.9 Å². The van der Waals surface area contributed by atoms with Gasteiger partial charge in [-0.3, -0.25) is 19.9 Å². The lowest BCUT2D eigenvalue weighted by molar-refractivity contribution is 0.212. The van der Waals surface area contributed by atoms with Crippen LogP contribution in [0.5, 0.6) is 0 Å². The van der Waals surface area contributed by atoms with Crippen molar-refractivity contribution in [3.8, 4) is 11.4 Å². The van der Waals surface area contributed by atoms with E-state index >= 15 is 0 Å². The first-order valence-corrected chi connectivity index (χ1v) is 7.40. The number of hydrogen-bond acceptors (Lipinski definition) is 7. The van der Waals surface area contributed by atoms with Crippen molar-refractivity contribution in [3.05, 3.63) is 54.7 Å². The minimum Gasteiger partial charge on any atom is -0.338 e. The molecule has 0 aliphatic heterocycles. The predicted octanol–water partition coefficient (Wildman–Crippen LogP) is 1.98. The quantitative estimate of drug-likeness (QED) is 0.688. The first-order valence-electron chi connectivity index (χ1n) is 7.40. The molecule has 0 amide bonds. The molecule has 0 saturated heterocycles. The molecule has 0 N–H and O–H groups in total. The standard InChI is InChI=1S/C16H18N6O/c1-12(8-14-10-18-6-7-19-14)22(2)11-15-20-16(21-23-15)13-4-3-5-17-9-13/h3-7,9-10,12H,8,11H2,1-2H3. The second-order valence-corrected chi connectivity index (χ2v) is 5.42. The third-order valence-corrected chi connectivity index (χ3v) is 3.65. The van der Waals surface area contributed by atoms with Gasteiger partial charge in [0.2, 0.25) is 11.7 Å². The molecule has 0 radical (unpaired) electrons. The van der Waals surface area contributed by atoms with Crippen molar-refractivity contribution in [1.29, 1.82) is 0 Å². The summed E-state index contributed by atoms with van der Waals surface area (Å²) in [6.45, 7) is 2.71. The van der Waals surface area contributed by atoms with Gasteiger partial charge in [-0.1, -0.05) is 5.16 Å². The molecule has 0 bridgehead atoms. The number of nitrogens with zero attached hydrogens (tertiary/aromatic N) is 6. The summed E-state index contributed by atoms with van der Waals surface area (Å²) in [5.41, 5.74) is 1.81. The SMILES string of the molecule is CC(Cc1cnccn1)N(C)Cc1nc(-c2cccnc2)no1. The van der Waals surface area contributed by atoms with Crippen molar-refractivity contribution in [3.63, 3.8) is 0 Å². The van der Waals surface area contributed by atoms with Crippen LogP contribution in [-0.4, -0.2) is 43.1 Å². The van der Waals surface area contributed by atoms with Gasteiger partial charge in [0.1, 0.15) is 0 Å². The maximum Gasteiger partial charge on any atom is 0.241 e. The van der Waals surface area contributed by atoms with E-state index in [1.165, 1.54) is 0 Å². The molecule has 0 aromatic carbocycles. The fourth-order valence-electron chi connectivity index (χ4n) is 2.19. The highest BCUT2D eigenvalue weighted by molar-refractivity contribution is 5.51. The van der Waals surface area contributed by atoms with E-state index in [4.69, 9.17) is 4.52 Å². The summed E-state index contributed by atoms with van der Waals surface area (Å²) >= 11 is 0. The molecule has 0 aliphatic carbocycles. The lowest BCUT2D eigenvalue weighted by atomic mass is 10.1. The molecule has 7 heteroatoms. The van der Waals surface area contributed by atoms with E-state index < -0.39 is 0 Å². The molecule has 3 aromatic heterocycles. The molecular formula is C16H18N6O. The van der Waals surface area contributed by atoms with Gasteiger partial charge in [-0.05, 0) is 26.1 Å². The fourth-order valence-corrected chi connectivity index (χ4v) is 2.19. The first kappa shape index (κ1) is 15.2. The van der Waals surface area contributed by atoms with E-state index in [1.807, 2.05) is 19.2 Å². The third kappa shape index (κ3) is 3.95. The van der Waals surface area contributed by atoms with Gasteiger partial charge >= 0.3 is 0 Å². The Labute approximate surface area is 134 Å². The van der Waals surface area contributed by atoms with Crippen LogP contribution >= 0.6 is 0 Å². The second kappa shape index (κ2) is 7.06. The van der Waals surface area contributed by atoms with Crippen LogP contribution in [0.3, 0.4) is 0 Å². The van der Waals surface area contributed by atoms with Crippen LogP contribution in [0.15, 0.2) is 47.6 Å². The molecule has 1 unspecified atom stereocenters. The monoisotopic (exact) mass is 310 g/mol. The number of aromatic nitrogens is 5. The Morgan fingerprint density at radius 1 is 1.17 bits per heavy atom. The molecule has 3 rings (SSSR count). The predicted molar refractivity (Wildman–Crippen MR) is 84.2 cm³/mol. The summed E-state index contributed by atoms with van der Waals surface area (Å²) in [5, 5.41) is 4.01. The van der Waals surface area contributed by atoms with Gasteiger partial charge in [0.05, 0.1) is 12.2 Å². The van der Waals surface area contributed by atoms with Crippen molar-refractivity contribution in [2.75, 3.05) is 7.05 Å². The van der Waals surface area contributed by atoms with Crippen LogP contribution < -0.4 is 0 Å². The number of hydrogen-bond donors (Lipinski definition) is 0. The molecule has 0 aliphatic rings. The third-order valence-electron chi connectivity index (χ3n) is 3.65. The van der Waals surface area contributed by atoms with Gasteiger partial charge in [-0.15, -0.1) is 0 Å². The van der Waals surface area contributed by atoms with E-state index in [1.54, 1.807) is 31.0 Å². The molecule has 7 nitrogen and oxygen atoms in total. The zero-order valence-corrected chi connectivity index (χ0v) is 13.1. The summed E-state index contributed by atoms with van der Waals surface area (Å²) in [6.07, 6.45) is 9.42. The average molecular weight is 310 g/mol. The molecule has 1 atom stereocenters. The van der Waals surface area contributed by atoms with Gasteiger partial charge in [0, 0.05) is 49.0 Å². The normalized spacial score (nSPS) is 12.5. The van der Waals surface area contributed by atoms with E-state index in [0.29, 0.717) is 18.3 Å². The molecule has 3 aromatic rings. The number of rotatable bonds is 6. The minimum atomic E-state index is 0.278. The highest BCUT2D eigenvalue weighted by Crippen LogP contribution is 2.15. The maximum atomic E-state index is 5.33. The number of pyridine rings is 1. The number of likely N-dealkylation sites (N-methyl/N-ethyl adjacent to an activating group) is 1. The lowest BCUT2D eigenvalue weighted by Gasteiger charge is -2.22. The van der Waals surface area contributed by atoms with Crippen LogP contribution in [-0.2, 0) is 13.0 Å². The lowest BCUT2D eigenvalue weighted by Crippen LogP contribution is -2.30. The van der Waals surface area contributed by atoms with Crippen LogP contribution in [0.1, 0.15) is 18.5 Å². The topological polar surface area (TPSA) is 80.8 Å². The second-order valence-electron chi connectivity index (χ2n) is 5.42. The van der Waals surface area contributed by atoms with Gasteiger partial charge < -0.3 is 4.52 Å². The van der Waals surface area contributed by atoms with Gasteiger partial charge in [-0.25, -0.2) is 0 Å². The Morgan fingerprint density at radius 2 is 2.04 bits per heavy atom. The minimum absolute atomic E-state index is 0.278. The zero-order valence-electron chi connectivity index (χ0n) is 13.1. The Bertz CT molecular complexity index is 731. The van der Waals surface area contributed by atoms with Crippen LogP contribution in [0.2, 0.25) is 0 Å². The Balaban J connectivity index is 1.62. The molecule has 0 fully saturated rings. The molecule has 118 valence electrons. The molecule has 0 saturated carbocycles. The average Bonchev–Trinajstić information content (AvgIpc) is 3.05. The van der Waals surface area contributed by atoms with Gasteiger partial charge in [0.25, 0.3) is 0 Å². The van der Waals surface area contributed by atoms with Crippen molar-refractivity contribution in [2.24, 2.45) is 0 Å². The molecule has 23 heavy (non-hydrogen) atoms. The molecular weight excluding hydrogens is 292 g/mol. The molecule has 3 heterocycles. The summed E-state index contributed by atoms with van der Waals surface area (Å²) in [6, 6.07) is 4.03. The van der Waals surface area contributed by atoms with Crippen molar-refractivity contribution < 1.29 is 4.52 Å². The first-order chi connectivity index (χ1) is 11.2.